The van der Waals surface area contributed by atoms with Gasteiger partial charge in [-0.3, -0.25) is 4.79 Å². The number of amides is 1. The maximum atomic E-state index is 14.4. The molecule has 11 heteroatoms. The maximum Gasteiger partial charge on any atom is 0.402 e. The monoisotopic (exact) mass is 586 g/mol. The van der Waals surface area contributed by atoms with E-state index in [4.69, 9.17) is 34.8 Å². The smallest absolute Gasteiger partial charge is 0.372 e. The van der Waals surface area contributed by atoms with Crippen molar-refractivity contribution in [2.75, 3.05) is 11.4 Å². The molecule has 0 saturated carbocycles. The molecule has 1 amide bonds. The highest BCUT2D eigenvalue weighted by Crippen LogP contribution is 2.53. The molecule has 2 aromatic rings. The van der Waals surface area contributed by atoms with Crippen molar-refractivity contribution in [3.63, 3.8) is 0 Å². The summed E-state index contributed by atoms with van der Waals surface area (Å²) in [5.41, 5.74) is -1.70. The summed E-state index contributed by atoms with van der Waals surface area (Å²) < 4.78 is 43.9. The van der Waals surface area contributed by atoms with Gasteiger partial charge in [0.2, 0.25) is 5.91 Å². The third-order valence-corrected chi connectivity index (χ3v) is 7.74. The van der Waals surface area contributed by atoms with Crippen LogP contribution in [-0.2, 0) is 16.8 Å². The number of anilines is 1. The quantitative estimate of drug-likeness (QED) is 0.363. The zero-order chi connectivity index (χ0) is 24.6. The van der Waals surface area contributed by atoms with Crippen molar-refractivity contribution in [1.82, 2.24) is 5.32 Å². The lowest BCUT2D eigenvalue weighted by Gasteiger charge is -2.37. The number of alkyl halides is 3. The molecule has 0 bridgehead atoms. The average Bonchev–Trinajstić information content (AvgIpc) is 3.09. The van der Waals surface area contributed by atoms with E-state index in [0.29, 0.717) is 16.6 Å². The largest absolute Gasteiger partial charge is 0.402 e. The van der Waals surface area contributed by atoms with Crippen molar-refractivity contribution in [3.8, 4) is 0 Å². The summed E-state index contributed by atoms with van der Waals surface area (Å²) in [4.78, 5) is 13.0. The molecule has 1 fully saturated rings. The molecule has 2 N–H and O–H groups in total. The van der Waals surface area contributed by atoms with Crippen LogP contribution in [0.1, 0.15) is 37.3 Å². The van der Waals surface area contributed by atoms with E-state index in [-0.39, 0.29) is 39.6 Å². The highest BCUT2D eigenvalue weighted by molar-refractivity contribution is 9.10. The molecule has 0 aromatic heterocycles. The zero-order valence-electron chi connectivity index (χ0n) is 17.4. The molecule has 2 atom stereocenters. The van der Waals surface area contributed by atoms with E-state index in [0.717, 1.165) is 24.1 Å². The Bertz CT molecular complexity index is 1030. The number of carbonyl (C=O) groups excluding carboxylic acids is 1. The average molecular weight is 589 g/mol. The predicted octanol–water partition coefficient (Wildman–Crippen LogP) is 6.85. The summed E-state index contributed by atoms with van der Waals surface area (Å²) in [6.45, 7) is 2.12. The summed E-state index contributed by atoms with van der Waals surface area (Å²) in [6, 6.07) is 7.15. The number of carbonyl (C=O) groups is 1. The molecule has 33 heavy (non-hydrogen) atoms. The molecule has 4 nitrogen and oxygen atoms in total. The van der Waals surface area contributed by atoms with Gasteiger partial charge in [0.1, 0.15) is 11.6 Å². The Morgan fingerprint density at radius 3 is 2.42 bits per heavy atom. The lowest BCUT2D eigenvalue weighted by atomic mass is 9.77. The van der Waals surface area contributed by atoms with Gasteiger partial charge in [0.05, 0.1) is 15.1 Å². The van der Waals surface area contributed by atoms with E-state index >= 15 is 0 Å². The van der Waals surface area contributed by atoms with Crippen LogP contribution in [0, 0.1) is 0 Å². The molecule has 1 saturated heterocycles. The third-order valence-electron chi connectivity index (χ3n) is 5.81. The summed E-state index contributed by atoms with van der Waals surface area (Å²) in [5, 5.41) is 13.5. The van der Waals surface area contributed by atoms with Crippen LogP contribution in [0.25, 0.3) is 0 Å². The van der Waals surface area contributed by atoms with Crippen LogP contribution in [0.5, 0.6) is 0 Å². The van der Waals surface area contributed by atoms with Crippen LogP contribution < -0.4 is 10.2 Å². The number of aliphatic hydroxyl groups excluding tert-OH is 1. The Balaban J connectivity index is 1.93. The molecule has 0 spiro atoms. The van der Waals surface area contributed by atoms with Crippen molar-refractivity contribution in [2.24, 2.45) is 0 Å². The maximum absolute atomic E-state index is 14.4. The van der Waals surface area contributed by atoms with E-state index in [9.17, 15) is 23.1 Å². The lowest BCUT2D eigenvalue weighted by molar-refractivity contribution is -0.210. The van der Waals surface area contributed by atoms with E-state index in [1.807, 2.05) is 6.92 Å². The van der Waals surface area contributed by atoms with Gasteiger partial charge in [0.25, 0.3) is 0 Å². The van der Waals surface area contributed by atoms with Crippen LogP contribution in [0.15, 0.2) is 34.8 Å². The Labute approximate surface area is 213 Å². The zero-order valence-corrected chi connectivity index (χ0v) is 21.3. The first-order valence-corrected chi connectivity index (χ1v) is 12.1. The standard InChI is InChI=1S/C22H21BrCl3F3N2O2/c1-2-3-18(32)30-11-12-4-5-14(10-15(12)23)31-7-6-21(20(31)33,22(27,28)29)13-8-16(24)19(26)17(25)9-13/h4-5,8-10,20,33H,2-3,6-7,11H2,1H3,(H,30,32). The summed E-state index contributed by atoms with van der Waals surface area (Å²) in [5.74, 6) is -0.0845. The number of hydrogen-bond acceptors (Lipinski definition) is 3. The van der Waals surface area contributed by atoms with Crippen molar-refractivity contribution < 1.29 is 23.1 Å². The Morgan fingerprint density at radius 1 is 1.24 bits per heavy atom. The van der Waals surface area contributed by atoms with E-state index in [2.05, 4.69) is 21.2 Å². The van der Waals surface area contributed by atoms with Crippen molar-refractivity contribution in [2.45, 2.75) is 50.6 Å². The van der Waals surface area contributed by atoms with Crippen molar-refractivity contribution in [3.05, 3.63) is 61.0 Å². The number of benzene rings is 2. The summed E-state index contributed by atoms with van der Waals surface area (Å²) >= 11 is 21.3. The fourth-order valence-corrected chi connectivity index (χ4v) is 5.11. The van der Waals surface area contributed by atoms with E-state index in [1.165, 1.54) is 4.90 Å². The SMILES string of the molecule is CCCC(=O)NCc1ccc(N2CCC(c3cc(Cl)c(Cl)c(Cl)c3)(C(F)(F)F)C2O)cc1Br. The first-order valence-electron chi connectivity index (χ1n) is 10.1. The molecule has 3 rings (SSSR count). The number of halogens is 7. The highest BCUT2D eigenvalue weighted by Gasteiger charge is 2.65. The highest BCUT2D eigenvalue weighted by atomic mass is 79.9. The number of aliphatic hydroxyl groups is 1. The number of rotatable bonds is 6. The predicted molar refractivity (Wildman–Crippen MR) is 128 cm³/mol. The molecule has 1 aliphatic rings. The lowest BCUT2D eigenvalue weighted by Crippen LogP contribution is -2.52. The molecular formula is C22H21BrCl3F3N2O2. The normalized spacial score (nSPS) is 20.9. The Kier molecular flexibility index (Phi) is 8.16. The first kappa shape index (κ1) is 26.4. The van der Waals surface area contributed by atoms with Gasteiger partial charge >= 0.3 is 6.18 Å². The number of nitrogens with one attached hydrogen (secondary N) is 1. The molecule has 1 heterocycles. The van der Waals surface area contributed by atoms with Crippen molar-refractivity contribution >= 4 is 62.3 Å². The molecule has 180 valence electrons. The number of nitrogens with zero attached hydrogens (tertiary/aromatic N) is 1. The van der Waals surface area contributed by atoms with Gasteiger partial charge in [-0.2, -0.15) is 13.2 Å². The topological polar surface area (TPSA) is 52.6 Å². The van der Waals surface area contributed by atoms with Crippen LogP contribution >= 0.6 is 50.7 Å². The van der Waals surface area contributed by atoms with Crippen LogP contribution in [-0.4, -0.2) is 30.0 Å². The van der Waals surface area contributed by atoms with E-state index < -0.39 is 24.2 Å². The Morgan fingerprint density at radius 2 is 1.88 bits per heavy atom. The fourth-order valence-electron chi connectivity index (χ4n) is 4.01. The second-order valence-electron chi connectivity index (χ2n) is 7.84. The molecular weight excluding hydrogens is 568 g/mol. The molecule has 0 aliphatic carbocycles. The molecule has 1 aliphatic heterocycles. The first-order chi connectivity index (χ1) is 15.4. The van der Waals surface area contributed by atoms with Gasteiger partial charge in [-0.05, 0) is 48.2 Å². The van der Waals surface area contributed by atoms with Gasteiger partial charge in [-0.25, -0.2) is 0 Å². The summed E-state index contributed by atoms with van der Waals surface area (Å²) in [7, 11) is 0. The van der Waals surface area contributed by atoms with Gasteiger partial charge in [0, 0.05) is 29.7 Å². The minimum atomic E-state index is -4.79. The van der Waals surface area contributed by atoms with Crippen LogP contribution in [0.2, 0.25) is 15.1 Å². The van der Waals surface area contributed by atoms with Gasteiger partial charge in [-0.1, -0.05) is 63.7 Å². The van der Waals surface area contributed by atoms with E-state index in [1.54, 1.807) is 18.2 Å². The van der Waals surface area contributed by atoms with Crippen LogP contribution in [0.4, 0.5) is 18.9 Å². The van der Waals surface area contributed by atoms with Gasteiger partial charge in [-0.15, -0.1) is 0 Å². The van der Waals surface area contributed by atoms with Crippen molar-refractivity contribution in [1.29, 1.82) is 0 Å². The molecule has 0 radical (unpaired) electrons. The second-order valence-corrected chi connectivity index (χ2v) is 9.89. The second kappa shape index (κ2) is 10.2. The minimum absolute atomic E-state index is 0.0469. The number of hydrogen-bond donors (Lipinski definition) is 2. The summed E-state index contributed by atoms with van der Waals surface area (Å²) in [6.07, 6.45) is -5.98. The third kappa shape index (κ3) is 5.10. The molecule has 2 unspecified atom stereocenters. The van der Waals surface area contributed by atoms with Gasteiger partial charge in [0.15, 0.2) is 0 Å². The van der Waals surface area contributed by atoms with Gasteiger partial charge < -0.3 is 15.3 Å². The van der Waals surface area contributed by atoms with Crippen LogP contribution in [0.3, 0.4) is 0 Å². The minimum Gasteiger partial charge on any atom is -0.372 e. The fraction of sp³-hybridized carbons (Fsp3) is 0.409. The molecule has 2 aromatic carbocycles. The Hall–Kier alpha value is -1.19.